The van der Waals surface area contributed by atoms with Crippen LogP contribution in [-0.4, -0.2) is 24.2 Å². The quantitative estimate of drug-likeness (QED) is 0.776. The molecule has 0 aliphatic rings. The third kappa shape index (κ3) is 2.91. The van der Waals surface area contributed by atoms with Gasteiger partial charge in [0.15, 0.2) is 0 Å². The zero-order valence-electron chi connectivity index (χ0n) is 14.8. The van der Waals surface area contributed by atoms with Crippen molar-refractivity contribution in [3.63, 3.8) is 0 Å². The molecule has 6 nitrogen and oxygen atoms in total. The molecule has 130 valence electrons. The molecule has 2 N–H and O–H groups in total. The van der Waals surface area contributed by atoms with Crippen molar-refractivity contribution in [1.29, 1.82) is 5.26 Å². The van der Waals surface area contributed by atoms with Crippen LogP contribution in [0.25, 0.3) is 22.4 Å². The zero-order chi connectivity index (χ0) is 18.7. The Bertz CT molecular complexity index is 995. The molecule has 3 aromatic rings. The van der Waals surface area contributed by atoms with Crippen LogP contribution in [0.4, 0.5) is 5.82 Å². The number of methoxy groups -OCH3 is 2. The summed E-state index contributed by atoms with van der Waals surface area (Å²) in [7, 11) is 3.19. The van der Waals surface area contributed by atoms with Crippen molar-refractivity contribution in [2.24, 2.45) is 0 Å². The largest absolute Gasteiger partial charge is 0.496 e. The highest BCUT2D eigenvalue weighted by atomic mass is 16.5. The highest BCUT2D eigenvalue weighted by Crippen LogP contribution is 2.41. The molecule has 0 aliphatic heterocycles. The topological polar surface area (TPSA) is 94.0 Å². The number of nitriles is 1. The predicted molar refractivity (Wildman–Crippen MR) is 99.9 cm³/mol. The number of pyridine rings is 2. The van der Waals surface area contributed by atoms with Crippen LogP contribution in [0.1, 0.15) is 11.1 Å². The second kappa shape index (κ2) is 7.11. The molecule has 0 bridgehead atoms. The second-order valence-electron chi connectivity index (χ2n) is 5.64. The van der Waals surface area contributed by atoms with Gasteiger partial charge >= 0.3 is 0 Å². The average molecular weight is 346 g/mol. The van der Waals surface area contributed by atoms with E-state index in [1.807, 2.05) is 37.3 Å². The van der Waals surface area contributed by atoms with E-state index in [9.17, 15) is 5.26 Å². The van der Waals surface area contributed by atoms with Crippen LogP contribution in [0, 0.1) is 18.3 Å². The molecule has 0 atom stereocenters. The van der Waals surface area contributed by atoms with E-state index in [1.165, 1.54) is 0 Å². The molecule has 0 amide bonds. The number of nitrogens with zero attached hydrogens (tertiary/aromatic N) is 3. The Morgan fingerprint density at radius 2 is 1.92 bits per heavy atom. The molecule has 6 heteroatoms. The minimum atomic E-state index is 0.166. The van der Waals surface area contributed by atoms with E-state index in [2.05, 4.69) is 16.0 Å². The molecule has 0 unspecified atom stereocenters. The van der Waals surface area contributed by atoms with Crippen LogP contribution >= 0.6 is 0 Å². The van der Waals surface area contributed by atoms with Crippen molar-refractivity contribution >= 4 is 5.82 Å². The summed E-state index contributed by atoms with van der Waals surface area (Å²) in [5, 5.41) is 9.61. The standard InChI is InChI=1S/C20H18N4O2/c1-12-18(25-2)7-6-14(19(12)26-3)15-9-17(13-5-4-8-23-11-13)24-20(22)16(15)10-21/h4-9,11H,1-3H3,(H2,22,24). The molecule has 0 fully saturated rings. The third-order valence-corrected chi connectivity index (χ3v) is 4.19. The Labute approximate surface area is 151 Å². The maximum Gasteiger partial charge on any atom is 0.142 e. The van der Waals surface area contributed by atoms with Gasteiger partial charge in [0.1, 0.15) is 28.9 Å². The molecule has 1 aromatic carbocycles. The molecule has 26 heavy (non-hydrogen) atoms. The van der Waals surface area contributed by atoms with E-state index >= 15 is 0 Å². The Morgan fingerprint density at radius 1 is 1.12 bits per heavy atom. The van der Waals surface area contributed by atoms with E-state index in [1.54, 1.807) is 26.6 Å². The van der Waals surface area contributed by atoms with Gasteiger partial charge in [0, 0.05) is 34.6 Å². The molecule has 0 aliphatic carbocycles. The fraction of sp³-hybridized carbons (Fsp3) is 0.150. The van der Waals surface area contributed by atoms with Gasteiger partial charge in [-0.15, -0.1) is 0 Å². The van der Waals surface area contributed by atoms with E-state index < -0.39 is 0 Å². The summed E-state index contributed by atoms with van der Waals surface area (Å²) < 4.78 is 11.0. The minimum Gasteiger partial charge on any atom is -0.496 e. The summed E-state index contributed by atoms with van der Waals surface area (Å²) in [6.45, 7) is 1.90. The van der Waals surface area contributed by atoms with E-state index in [0.717, 1.165) is 16.7 Å². The van der Waals surface area contributed by atoms with Crippen LogP contribution < -0.4 is 15.2 Å². The van der Waals surface area contributed by atoms with Gasteiger partial charge in [0.25, 0.3) is 0 Å². The van der Waals surface area contributed by atoms with Crippen LogP contribution in [0.15, 0.2) is 42.7 Å². The summed E-state index contributed by atoms with van der Waals surface area (Å²) >= 11 is 0. The first-order valence-corrected chi connectivity index (χ1v) is 7.93. The van der Waals surface area contributed by atoms with Gasteiger partial charge in [-0.2, -0.15) is 5.26 Å². The number of nitrogen functional groups attached to an aromatic ring is 1. The maximum atomic E-state index is 9.61. The molecule has 0 saturated carbocycles. The van der Waals surface area contributed by atoms with Gasteiger partial charge in [-0.3, -0.25) is 4.98 Å². The van der Waals surface area contributed by atoms with Gasteiger partial charge in [0.2, 0.25) is 0 Å². The lowest BCUT2D eigenvalue weighted by Gasteiger charge is -2.16. The SMILES string of the molecule is COc1ccc(-c2cc(-c3cccnc3)nc(N)c2C#N)c(OC)c1C. The van der Waals surface area contributed by atoms with Crippen molar-refractivity contribution in [2.45, 2.75) is 6.92 Å². The van der Waals surface area contributed by atoms with Gasteiger partial charge < -0.3 is 15.2 Å². The fourth-order valence-corrected chi connectivity index (χ4v) is 2.93. The number of nitrogens with two attached hydrogens (primary N) is 1. The number of benzene rings is 1. The predicted octanol–water partition coefficient (Wildman–Crippen LogP) is 3.59. The number of hydrogen-bond donors (Lipinski definition) is 1. The summed E-state index contributed by atoms with van der Waals surface area (Å²) in [6.07, 6.45) is 3.39. The van der Waals surface area contributed by atoms with E-state index in [0.29, 0.717) is 28.3 Å². The van der Waals surface area contributed by atoms with Crippen LogP contribution in [-0.2, 0) is 0 Å². The van der Waals surface area contributed by atoms with E-state index in [4.69, 9.17) is 15.2 Å². The Kier molecular flexibility index (Phi) is 4.72. The number of aromatic nitrogens is 2. The van der Waals surface area contributed by atoms with E-state index in [-0.39, 0.29) is 5.82 Å². The lowest BCUT2D eigenvalue weighted by atomic mass is 9.96. The van der Waals surface area contributed by atoms with Crippen molar-refractivity contribution in [2.75, 3.05) is 20.0 Å². The highest BCUT2D eigenvalue weighted by molar-refractivity contribution is 5.84. The van der Waals surface area contributed by atoms with Gasteiger partial charge in [0.05, 0.1) is 19.9 Å². The summed E-state index contributed by atoms with van der Waals surface area (Å²) in [6, 6.07) is 11.4. The molecule has 0 spiro atoms. The number of hydrogen-bond acceptors (Lipinski definition) is 6. The van der Waals surface area contributed by atoms with Crippen molar-refractivity contribution in [3.8, 4) is 40.0 Å². The van der Waals surface area contributed by atoms with Gasteiger partial charge in [-0.25, -0.2) is 4.98 Å². The average Bonchev–Trinajstić information content (AvgIpc) is 2.67. The molecular formula is C20H18N4O2. The Morgan fingerprint density at radius 3 is 2.54 bits per heavy atom. The fourth-order valence-electron chi connectivity index (χ4n) is 2.93. The highest BCUT2D eigenvalue weighted by Gasteiger charge is 2.19. The Balaban J connectivity index is 2.30. The zero-order valence-corrected chi connectivity index (χ0v) is 14.8. The monoisotopic (exact) mass is 346 g/mol. The van der Waals surface area contributed by atoms with Crippen molar-refractivity contribution < 1.29 is 9.47 Å². The van der Waals surface area contributed by atoms with Crippen molar-refractivity contribution in [1.82, 2.24) is 9.97 Å². The van der Waals surface area contributed by atoms with Crippen LogP contribution in [0.2, 0.25) is 0 Å². The van der Waals surface area contributed by atoms with Crippen molar-refractivity contribution in [3.05, 3.63) is 53.9 Å². The molecule has 0 radical (unpaired) electrons. The van der Waals surface area contributed by atoms with Gasteiger partial charge in [-0.05, 0) is 37.3 Å². The molecule has 2 heterocycles. The smallest absolute Gasteiger partial charge is 0.142 e. The molecular weight excluding hydrogens is 328 g/mol. The second-order valence-corrected chi connectivity index (χ2v) is 5.64. The molecule has 3 rings (SSSR count). The third-order valence-electron chi connectivity index (χ3n) is 4.19. The Hall–Kier alpha value is -3.59. The summed E-state index contributed by atoms with van der Waals surface area (Å²) in [4.78, 5) is 8.48. The van der Waals surface area contributed by atoms with Crippen LogP contribution in [0.5, 0.6) is 11.5 Å². The summed E-state index contributed by atoms with van der Waals surface area (Å²) in [5.74, 6) is 1.50. The lowest BCUT2D eigenvalue weighted by molar-refractivity contribution is 0.390. The first kappa shape index (κ1) is 17.2. The lowest BCUT2D eigenvalue weighted by Crippen LogP contribution is -2.02. The number of ether oxygens (including phenoxy) is 2. The molecule has 0 saturated heterocycles. The minimum absolute atomic E-state index is 0.166. The first-order valence-electron chi connectivity index (χ1n) is 7.93. The molecule has 2 aromatic heterocycles. The number of anilines is 1. The summed E-state index contributed by atoms with van der Waals surface area (Å²) in [5.41, 5.74) is 10.1. The maximum absolute atomic E-state index is 9.61. The normalized spacial score (nSPS) is 10.2. The number of rotatable bonds is 4. The first-order chi connectivity index (χ1) is 12.6. The van der Waals surface area contributed by atoms with Crippen LogP contribution in [0.3, 0.4) is 0 Å². The van der Waals surface area contributed by atoms with Gasteiger partial charge in [-0.1, -0.05) is 0 Å².